The maximum Gasteiger partial charge on any atom is 0.191 e. The molecule has 1 fully saturated rings. The van der Waals surface area contributed by atoms with E-state index in [4.69, 9.17) is 4.74 Å². The molecule has 0 spiro atoms. The zero-order valence-corrected chi connectivity index (χ0v) is 19.5. The Hall–Kier alpha value is -1.87. The van der Waals surface area contributed by atoms with Crippen LogP contribution in [-0.2, 0) is 13.2 Å². The van der Waals surface area contributed by atoms with Crippen molar-refractivity contribution in [3.63, 3.8) is 0 Å². The lowest BCUT2D eigenvalue weighted by Crippen LogP contribution is -2.42. The molecule has 3 rings (SSSR count). The van der Waals surface area contributed by atoms with Crippen LogP contribution < -0.4 is 15.4 Å². The molecule has 0 unspecified atom stereocenters. The van der Waals surface area contributed by atoms with Gasteiger partial charge >= 0.3 is 0 Å². The number of aliphatic imine (C=N–C) groups is 1. The second kappa shape index (κ2) is 13.4. The minimum atomic E-state index is 0. The summed E-state index contributed by atoms with van der Waals surface area (Å²) in [6.45, 7) is 5.64. The first-order valence-corrected chi connectivity index (χ1v) is 10.1. The number of hydrogen-bond donors (Lipinski definition) is 2. The molecule has 1 aliphatic heterocycles. The van der Waals surface area contributed by atoms with Gasteiger partial charge in [0.1, 0.15) is 12.4 Å². The number of rotatable bonds is 8. The lowest BCUT2D eigenvalue weighted by Gasteiger charge is -2.26. The third-order valence-electron chi connectivity index (χ3n) is 4.89. The molecule has 0 radical (unpaired) electrons. The van der Waals surface area contributed by atoms with Gasteiger partial charge in [0.15, 0.2) is 5.96 Å². The lowest BCUT2D eigenvalue weighted by atomic mass is 10.1. The standard InChI is InChI=1S/C22H31N5O.HI/c1-23-22(25-13-16-27-14-5-2-6-15-27)26-17-19-8-10-21(11-9-19)28-18-20-7-3-4-12-24-20;/h3-4,7-12H,2,5-6,13-18H2,1H3,(H2,23,25,26);1H. The molecule has 158 valence electrons. The Labute approximate surface area is 191 Å². The Balaban J connectivity index is 0.00000300. The molecule has 2 aromatic rings. The number of nitrogens with zero attached hydrogens (tertiary/aromatic N) is 3. The number of piperidine rings is 1. The van der Waals surface area contributed by atoms with Crippen LogP contribution in [0, 0.1) is 0 Å². The van der Waals surface area contributed by atoms with E-state index in [2.05, 4.69) is 37.6 Å². The monoisotopic (exact) mass is 509 g/mol. The molecule has 0 bridgehead atoms. The Bertz CT molecular complexity index is 718. The molecule has 2 heterocycles. The molecule has 0 aliphatic carbocycles. The van der Waals surface area contributed by atoms with Gasteiger partial charge < -0.3 is 20.3 Å². The van der Waals surface area contributed by atoms with Gasteiger partial charge in [-0.05, 0) is 55.8 Å². The fourth-order valence-corrected chi connectivity index (χ4v) is 3.27. The van der Waals surface area contributed by atoms with Gasteiger partial charge in [0.25, 0.3) is 0 Å². The van der Waals surface area contributed by atoms with Gasteiger partial charge in [-0.15, -0.1) is 24.0 Å². The normalized spacial score (nSPS) is 14.7. The highest BCUT2D eigenvalue weighted by atomic mass is 127. The van der Waals surface area contributed by atoms with Gasteiger partial charge in [0, 0.05) is 32.9 Å². The molecular formula is C22H32IN5O. The van der Waals surface area contributed by atoms with Crippen LogP contribution in [0.5, 0.6) is 5.75 Å². The first kappa shape index (κ1) is 23.4. The summed E-state index contributed by atoms with van der Waals surface area (Å²) in [5.41, 5.74) is 2.11. The van der Waals surface area contributed by atoms with Crippen LogP contribution in [0.4, 0.5) is 0 Å². The number of ether oxygens (including phenoxy) is 1. The van der Waals surface area contributed by atoms with E-state index in [-0.39, 0.29) is 24.0 Å². The van der Waals surface area contributed by atoms with E-state index in [9.17, 15) is 0 Å². The first-order chi connectivity index (χ1) is 13.8. The van der Waals surface area contributed by atoms with E-state index in [0.29, 0.717) is 6.61 Å². The Morgan fingerprint density at radius 3 is 2.55 bits per heavy atom. The van der Waals surface area contributed by atoms with Crippen molar-refractivity contribution in [1.82, 2.24) is 20.5 Å². The first-order valence-electron chi connectivity index (χ1n) is 10.1. The molecule has 29 heavy (non-hydrogen) atoms. The number of pyridine rings is 1. The Kier molecular flexibility index (Phi) is 10.8. The van der Waals surface area contributed by atoms with E-state index in [1.807, 2.05) is 37.4 Å². The van der Waals surface area contributed by atoms with Crippen molar-refractivity contribution in [3.05, 3.63) is 59.9 Å². The van der Waals surface area contributed by atoms with Crippen LogP contribution >= 0.6 is 24.0 Å². The van der Waals surface area contributed by atoms with Crippen molar-refractivity contribution < 1.29 is 4.74 Å². The molecule has 6 nitrogen and oxygen atoms in total. The molecule has 7 heteroatoms. The summed E-state index contributed by atoms with van der Waals surface area (Å²) in [6, 6.07) is 14.0. The summed E-state index contributed by atoms with van der Waals surface area (Å²) >= 11 is 0. The van der Waals surface area contributed by atoms with Crippen molar-refractivity contribution in [3.8, 4) is 5.75 Å². The summed E-state index contributed by atoms with van der Waals surface area (Å²) < 4.78 is 5.78. The van der Waals surface area contributed by atoms with Crippen molar-refractivity contribution >= 4 is 29.9 Å². The van der Waals surface area contributed by atoms with Gasteiger partial charge in [-0.1, -0.05) is 24.6 Å². The smallest absolute Gasteiger partial charge is 0.191 e. The molecule has 0 atom stereocenters. The van der Waals surface area contributed by atoms with Gasteiger partial charge in [-0.25, -0.2) is 0 Å². The van der Waals surface area contributed by atoms with Crippen molar-refractivity contribution in [2.45, 2.75) is 32.4 Å². The second-order valence-corrected chi connectivity index (χ2v) is 7.01. The van der Waals surface area contributed by atoms with E-state index < -0.39 is 0 Å². The highest BCUT2D eigenvalue weighted by molar-refractivity contribution is 14.0. The number of benzene rings is 1. The van der Waals surface area contributed by atoms with Crippen LogP contribution in [-0.4, -0.2) is 49.1 Å². The molecule has 1 aromatic carbocycles. The minimum Gasteiger partial charge on any atom is -0.487 e. The average Bonchev–Trinajstić information content (AvgIpc) is 2.77. The molecule has 2 N–H and O–H groups in total. The Morgan fingerprint density at radius 1 is 1.07 bits per heavy atom. The van der Waals surface area contributed by atoms with E-state index in [0.717, 1.165) is 37.0 Å². The Morgan fingerprint density at radius 2 is 1.86 bits per heavy atom. The number of aromatic nitrogens is 1. The van der Waals surface area contributed by atoms with Crippen LogP contribution in [0.1, 0.15) is 30.5 Å². The summed E-state index contributed by atoms with van der Waals surface area (Å²) in [7, 11) is 1.81. The molecule has 1 aromatic heterocycles. The molecular weight excluding hydrogens is 477 g/mol. The molecule has 0 saturated carbocycles. The maximum atomic E-state index is 5.78. The predicted octanol–water partition coefficient (Wildman–Crippen LogP) is 3.43. The summed E-state index contributed by atoms with van der Waals surface area (Å²) in [5, 5.41) is 6.77. The third-order valence-corrected chi connectivity index (χ3v) is 4.89. The summed E-state index contributed by atoms with van der Waals surface area (Å²) in [4.78, 5) is 11.1. The van der Waals surface area contributed by atoms with Gasteiger partial charge in [0.2, 0.25) is 0 Å². The quantitative estimate of drug-likeness (QED) is 0.325. The topological polar surface area (TPSA) is 61.8 Å². The lowest BCUT2D eigenvalue weighted by molar-refractivity contribution is 0.232. The van der Waals surface area contributed by atoms with Crippen molar-refractivity contribution in [2.24, 2.45) is 4.99 Å². The van der Waals surface area contributed by atoms with Gasteiger partial charge in [-0.3, -0.25) is 9.98 Å². The van der Waals surface area contributed by atoms with Gasteiger partial charge in [-0.2, -0.15) is 0 Å². The number of guanidine groups is 1. The van der Waals surface area contributed by atoms with Gasteiger partial charge in [0.05, 0.1) is 5.69 Å². The number of likely N-dealkylation sites (tertiary alicyclic amines) is 1. The summed E-state index contributed by atoms with van der Waals surface area (Å²) in [6.07, 6.45) is 5.81. The minimum absolute atomic E-state index is 0. The van der Waals surface area contributed by atoms with E-state index >= 15 is 0 Å². The fourth-order valence-electron chi connectivity index (χ4n) is 3.27. The second-order valence-electron chi connectivity index (χ2n) is 7.01. The largest absolute Gasteiger partial charge is 0.487 e. The zero-order valence-electron chi connectivity index (χ0n) is 17.1. The van der Waals surface area contributed by atoms with E-state index in [1.54, 1.807) is 6.20 Å². The molecule has 1 saturated heterocycles. The van der Waals surface area contributed by atoms with Crippen molar-refractivity contribution in [2.75, 3.05) is 33.2 Å². The maximum absolute atomic E-state index is 5.78. The number of halogens is 1. The van der Waals surface area contributed by atoms with Crippen LogP contribution in [0.25, 0.3) is 0 Å². The predicted molar refractivity (Wildman–Crippen MR) is 129 cm³/mol. The fraction of sp³-hybridized carbons (Fsp3) is 0.455. The van der Waals surface area contributed by atoms with E-state index in [1.165, 1.54) is 37.9 Å². The number of hydrogen-bond acceptors (Lipinski definition) is 4. The average molecular weight is 509 g/mol. The SMILES string of the molecule is CN=C(NCCN1CCCCC1)NCc1ccc(OCc2ccccn2)cc1.I. The highest BCUT2D eigenvalue weighted by Crippen LogP contribution is 2.13. The number of nitrogens with one attached hydrogen (secondary N) is 2. The molecule has 1 aliphatic rings. The third kappa shape index (κ3) is 8.57. The highest BCUT2D eigenvalue weighted by Gasteiger charge is 2.09. The van der Waals surface area contributed by atoms with Crippen LogP contribution in [0.15, 0.2) is 53.7 Å². The van der Waals surface area contributed by atoms with Crippen molar-refractivity contribution in [1.29, 1.82) is 0 Å². The summed E-state index contributed by atoms with van der Waals surface area (Å²) in [5.74, 6) is 1.69. The zero-order chi connectivity index (χ0) is 19.4. The van der Waals surface area contributed by atoms with Crippen LogP contribution in [0.2, 0.25) is 0 Å². The molecule has 0 amide bonds. The van der Waals surface area contributed by atoms with Crippen LogP contribution in [0.3, 0.4) is 0 Å².